The fraction of sp³-hybridized carbons (Fsp3) is 0. The number of hydrogen-bond acceptors (Lipinski definition) is 1. The molecule has 0 spiro atoms. The monoisotopic (exact) mass is 524 g/mol. The molecule has 9 aromatic rings. The van der Waals surface area contributed by atoms with E-state index in [0.717, 1.165) is 54.1 Å². The van der Waals surface area contributed by atoms with Crippen LogP contribution in [0.1, 0.15) is 5.48 Å². The molecule has 1 heteroatoms. The predicted molar refractivity (Wildman–Crippen MR) is 175 cm³/mol. The van der Waals surface area contributed by atoms with Gasteiger partial charge >= 0.3 is 0 Å². The van der Waals surface area contributed by atoms with Crippen LogP contribution in [0.4, 0.5) is 0 Å². The van der Waals surface area contributed by atoms with E-state index in [4.69, 9.17) is 7.16 Å². The van der Waals surface area contributed by atoms with Gasteiger partial charge in [0, 0.05) is 10.8 Å². The Hall–Kier alpha value is -5.40. The molecule has 8 aromatic carbocycles. The Morgan fingerprint density at radius 1 is 0.390 bits per heavy atom. The van der Waals surface area contributed by atoms with Crippen molar-refractivity contribution >= 4 is 65.0 Å². The van der Waals surface area contributed by atoms with Gasteiger partial charge < -0.3 is 4.42 Å². The first-order valence-electron chi connectivity index (χ1n) is 15.8. The molecule has 0 bridgehead atoms. The highest BCUT2D eigenvalue weighted by Crippen LogP contribution is 2.39. The zero-order chi connectivity index (χ0) is 30.4. The Labute approximate surface area is 242 Å². The van der Waals surface area contributed by atoms with Crippen molar-refractivity contribution in [3.05, 3.63) is 145 Å². The van der Waals surface area contributed by atoms with Crippen LogP contribution in [0.3, 0.4) is 0 Å². The molecule has 0 amide bonds. The molecule has 0 aliphatic heterocycles. The minimum atomic E-state index is -0.0716. The molecular weight excluding hydrogens is 496 g/mol. The molecule has 190 valence electrons. The highest BCUT2D eigenvalue weighted by atomic mass is 16.3. The Morgan fingerprint density at radius 3 is 1.78 bits per heavy atom. The molecule has 41 heavy (non-hydrogen) atoms. The predicted octanol–water partition coefficient (Wildman–Crippen LogP) is 11.5. The van der Waals surface area contributed by atoms with Crippen LogP contribution >= 0.6 is 0 Å². The first kappa shape index (κ1) is 18.8. The van der Waals surface area contributed by atoms with Crippen LogP contribution in [-0.4, -0.2) is 0 Å². The molecule has 0 aliphatic carbocycles. The van der Waals surface area contributed by atoms with Gasteiger partial charge in [0.15, 0.2) is 0 Å². The zero-order valence-electron chi connectivity index (χ0n) is 26.0. The summed E-state index contributed by atoms with van der Waals surface area (Å²) in [7, 11) is 0. The van der Waals surface area contributed by atoms with Gasteiger partial charge in [-0.1, -0.05) is 109 Å². The summed E-state index contributed by atoms with van der Waals surface area (Å²) < 4.78 is 43.0. The number of fused-ring (bicyclic) bond motifs is 8. The van der Waals surface area contributed by atoms with Gasteiger partial charge in [0.05, 0.1) is 5.48 Å². The van der Waals surface area contributed by atoms with Crippen molar-refractivity contribution in [2.24, 2.45) is 0 Å². The summed E-state index contributed by atoms with van der Waals surface area (Å²) in [5, 5.41) is 10.4. The fourth-order valence-corrected chi connectivity index (χ4v) is 6.21. The summed E-state index contributed by atoms with van der Waals surface area (Å²) in [6.07, 6.45) is 0. The van der Waals surface area contributed by atoms with E-state index in [2.05, 4.69) is 48.5 Å². The van der Waals surface area contributed by atoms with E-state index in [-0.39, 0.29) is 29.7 Å². The normalized spacial score (nSPS) is 13.3. The van der Waals surface area contributed by atoms with Gasteiger partial charge in [-0.05, 0) is 102 Å². The van der Waals surface area contributed by atoms with Gasteiger partial charge in [0.2, 0.25) is 0 Å². The minimum Gasteiger partial charge on any atom is -0.456 e. The molecule has 0 aliphatic rings. The molecule has 1 nitrogen and oxygen atoms in total. The van der Waals surface area contributed by atoms with E-state index >= 15 is 0 Å². The first-order chi connectivity index (χ1) is 22.0. The lowest BCUT2D eigenvalue weighted by Gasteiger charge is -2.10. The first-order valence-corrected chi connectivity index (χ1v) is 13.8. The van der Waals surface area contributed by atoms with Gasteiger partial charge in [-0.25, -0.2) is 0 Å². The highest BCUT2D eigenvalue weighted by molar-refractivity contribution is 6.16. The molecule has 0 radical (unpaired) electrons. The third kappa shape index (κ3) is 3.49. The van der Waals surface area contributed by atoms with Crippen LogP contribution in [0, 0.1) is 0 Å². The van der Waals surface area contributed by atoms with E-state index in [9.17, 15) is 2.74 Å². The van der Waals surface area contributed by atoms with Crippen molar-refractivity contribution in [1.82, 2.24) is 0 Å². The standard InChI is InChI=1S/C40H24O/c1-2-7-29-21-36-33(20-28(29)6-1)19-17-27-16-18-32(22-35(27)36)25-12-14-26(15-13-25)34-10-5-11-38-40(34)37-23-30-8-3-4-9-31(30)24-39(37)41-38/h1-24H/i12D,13D,14D,15D. The molecule has 0 saturated carbocycles. The third-order valence-electron chi connectivity index (χ3n) is 8.25. The maximum Gasteiger partial charge on any atom is 0.136 e. The van der Waals surface area contributed by atoms with Gasteiger partial charge in [0.25, 0.3) is 0 Å². The van der Waals surface area contributed by atoms with Crippen LogP contribution < -0.4 is 0 Å². The van der Waals surface area contributed by atoms with Crippen LogP contribution in [-0.2, 0) is 0 Å². The number of rotatable bonds is 2. The lowest BCUT2D eigenvalue weighted by atomic mass is 9.94. The second-order valence-electron chi connectivity index (χ2n) is 10.6. The summed E-state index contributed by atoms with van der Waals surface area (Å²) in [6.45, 7) is 0. The smallest absolute Gasteiger partial charge is 0.136 e. The van der Waals surface area contributed by atoms with Gasteiger partial charge in [-0.15, -0.1) is 0 Å². The summed E-state index contributed by atoms with van der Waals surface area (Å²) in [6, 6.07) is 40.3. The molecule has 0 N–H and O–H groups in total. The van der Waals surface area contributed by atoms with Crippen molar-refractivity contribution in [2.45, 2.75) is 0 Å². The zero-order valence-corrected chi connectivity index (χ0v) is 22.0. The second-order valence-corrected chi connectivity index (χ2v) is 10.6. The van der Waals surface area contributed by atoms with E-state index in [1.54, 1.807) is 0 Å². The average molecular weight is 525 g/mol. The quantitative estimate of drug-likeness (QED) is 0.162. The number of hydrogen-bond donors (Lipinski definition) is 0. The Bertz CT molecular complexity index is 2680. The molecule has 0 unspecified atom stereocenters. The molecule has 1 aromatic heterocycles. The van der Waals surface area contributed by atoms with E-state index in [1.165, 1.54) is 5.39 Å². The number of benzene rings is 8. The maximum absolute atomic E-state index is 9.19. The van der Waals surface area contributed by atoms with Crippen molar-refractivity contribution in [3.63, 3.8) is 0 Å². The summed E-state index contributed by atoms with van der Waals surface area (Å²) in [5.74, 6) is 0. The van der Waals surface area contributed by atoms with Gasteiger partial charge in [-0.2, -0.15) is 0 Å². The molecule has 1 heterocycles. The molecule has 9 rings (SSSR count). The van der Waals surface area contributed by atoms with Crippen LogP contribution in [0.15, 0.2) is 150 Å². The molecule has 0 fully saturated rings. The topological polar surface area (TPSA) is 13.1 Å². The third-order valence-corrected chi connectivity index (χ3v) is 8.25. The van der Waals surface area contributed by atoms with Gasteiger partial charge in [0.1, 0.15) is 11.2 Å². The largest absolute Gasteiger partial charge is 0.456 e. The second kappa shape index (κ2) is 8.55. The lowest BCUT2D eigenvalue weighted by molar-refractivity contribution is 0.669. The molecule has 0 atom stereocenters. The van der Waals surface area contributed by atoms with Crippen molar-refractivity contribution in [1.29, 1.82) is 0 Å². The van der Waals surface area contributed by atoms with E-state index in [1.807, 2.05) is 72.8 Å². The van der Waals surface area contributed by atoms with Crippen LogP contribution in [0.5, 0.6) is 0 Å². The minimum absolute atomic E-state index is 0.0636. The lowest BCUT2D eigenvalue weighted by Crippen LogP contribution is -1.84. The molecule has 0 saturated heterocycles. The maximum atomic E-state index is 9.19. The van der Waals surface area contributed by atoms with E-state index in [0.29, 0.717) is 22.3 Å². The molecular formula is C40H24O. The van der Waals surface area contributed by atoms with Crippen molar-refractivity contribution in [3.8, 4) is 22.3 Å². The average Bonchev–Trinajstić information content (AvgIpc) is 3.43. The summed E-state index contributed by atoms with van der Waals surface area (Å²) in [4.78, 5) is 0. The van der Waals surface area contributed by atoms with Crippen LogP contribution in [0.25, 0.3) is 87.3 Å². The van der Waals surface area contributed by atoms with Crippen LogP contribution in [0.2, 0.25) is 0 Å². The van der Waals surface area contributed by atoms with Crippen molar-refractivity contribution < 1.29 is 9.90 Å². The number of furan rings is 1. The van der Waals surface area contributed by atoms with E-state index < -0.39 is 0 Å². The Kier molecular flexibility index (Phi) is 3.92. The summed E-state index contributed by atoms with van der Waals surface area (Å²) >= 11 is 0. The van der Waals surface area contributed by atoms with Gasteiger partial charge in [-0.3, -0.25) is 0 Å². The SMILES string of the molecule is [2H]c1c([2H])c(-c2cccc3oc4cc5ccccc5cc4c23)c([2H])c([2H])c1-c1ccc2ccc3cc4ccccc4cc3c2c1. The summed E-state index contributed by atoms with van der Waals surface area (Å²) in [5.41, 5.74) is 3.22. The highest BCUT2D eigenvalue weighted by Gasteiger charge is 2.14. The fourth-order valence-electron chi connectivity index (χ4n) is 6.21. The van der Waals surface area contributed by atoms with Crippen molar-refractivity contribution in [2.75, 3.05) is 0 Å². The Morgan fingerprint density at radius 2 is 1.00 bits per heavy atom. The Balaban J connectivity index is 1.28.